The summed E-state index contributed by atoms with van der Waals surface area (Å²) >= 11 is 0. The molecule has 35 heavy (non-hydrogen) atoms. The second kappa shape index (κ2) is 16.2. The van der Waals surface area contributed by atoms with E-state index in [0.717, 1.165) is 30.6 Å². The van der Waals surface area contributed by atoms with Crippen LogP contribution in [0.15, 0.2) is 24.3 Å². The Morgan fingerprint density at radius 1 is 0.771 bits per heavy atom. The molecule has 2 N–H and O–H groups in total. The number of hydrogen-bond donors (Lipinski definition) is 2. The Hall–Kier alpha value is -1.66. The zero-order valence-corrected chi connectivity index (χ0v) is 21.8. The van der Waals surface area contributed by atoms with Crippen LogP contribution in [0, 0.1) is 29.6 Å². The molecule has 0 heterocycles. The molecule has 0 amide bonds. The quantitative estimate of drug-likeness (QED) is 0.181. The van der Waals surface area contributed by atoms with E-state index in [0.29, 0.717) is 5.92 Å². The number of carbonyl (C=O) groups excluding carboxylic acids is 2. The minimum absolute atomic E-state index is 0.0130. The standard InChI is InChI=1S/C29H48O6/c1-4-5-6-7-8-23-9-11-24(12-10-23)25-13-15-26(16-14-25)27(19-34-28(32)21(2)17-30)20-35-29(33)22(3)18-31/h23-27,30-31H,2-20H2,1H3. The fourth-order valence-corrected chi connectivity index (χ4v) is 5.91. The van der Waals surface area contributed by atoms with Crippen LogP contribution in [0.2, 0.25) is 0 Å². The van der Waals surface area contributed by atoms with Gasteiger partial charge in [-0.25, -0.2) is 9.59 Å². The Kier molecular flexibility index (Phi) is 13.6. The molecule has 2 aliphatic rings. The Balaban J connectivity index is 1.82. The van der Waals surface area contributed by atoms with Crippen LogP contribution in [0.3, 0.4) is 0 Å². The Labute approximate surface area is 212 Å². The monoisotopic (exact) mass is 492 g/mol. The predicted octanol–water partition coefficient (Wildman–Crippen LogP) is 5.37. The molecular weight excluding hydrogens is 444 g/mol. The molecule has 2 saturated carbocycles. The van der Waals surface area contributed by atoms with Crippen molar-refractivity contribution in [3.8, 4) is 0 Å². The van der Waals surface area contributed by atoms with Crippen LogP contribution in [-0.2, 0) is 19.1 Å². The van der Waals surface area contributed by atoms with Crippen molar-refractivity contribution in [1.29, 1.82) is 0 Å². The normalized spacial score (nSPS) is 24.7. The van der Waals surface area contributed by atoms with Gasteiger partial charge in [0.25, 0.3) is 0 Å². The predicted molar refractivity (Wildman–Crippen MR) is 138 cm³/mol. The van der Waals surface area contributed by atoms with E-state index in [2.05, 4.69) is 20.1 Å². The van der Waals surface area contributed by atoms with Crippen LogP contribution in [-0.4, -0.2) is 48.6 Å². The number of esters is 2. The van der Waals surface area contributed by atoms with Gasteiger partial charge in [-0.2, -0.15) is 0 Å². The molecule has 0 aromatic carbocycles. The van der Waals surface area contributed by atoms with Crippen LogP contribution in [0.4, 0.5) is 0 Å². The highest BCUT2D eigenvalue weighted by atomic mass is 16.5. The van der Waals surface area contributed by atoms with E-state index in [1.54, 1.807) is 0 Å². The lowest BCUT2D eigenvalue weighted by atomic mass is 9.67. The summed E-state index contributed by atoms with van der Waals surface area (Å²) in [7, 11) is 0. The molecule has 0 radical (unpaired) electrons. The maximum absolute atomic E-state index is 12.0. The molecular formula is C29H48O6. The van der Waals surface area contributed by atoms with Crippen LogP contribution in [0.1, 0.15) is 90.4 Å². The number of ether oxygens (including phenoxy) is 2. The van der Waals surface area contributed by atoms with Gasteiger partial charge in [0.2, 0.25) is 0 Å². The number of rotatable bonds is 15. The Bertz CT molecular complexity index is 639. The maximum Gasteiger partial charge on any atom is 0.335 e. The van der Waals surface area contributed by atoms with E-state index in [-0.39, 0.29) is 30.3 Å². The first-order valence-corrected chi connectivity index (χ1v) is 13.8. The van der Waals surface area contributed by atoms with Crippen molar-refractivity contribution in [3.63, 3.8) is 0 Å². The highest BCUT2D eigenvalue weighted by molar-refractivity contribution is 5.88. The summed E-state index contributed by atoms with van der Waals surface area (Å²) in [5.74, 6) is 1.45. The maximum atomic E-state index is 12.0. The number of hydrogen-bond acceptors (Lipinski definition) is 6. The summed E-state index contributed by atoms with van der Waals surface area (Å²) in [6.07, 6.45) is 16.7. The fourth-order valence-electron chi connectivity index (χ4n) is 5.91. The van der Waals surface area contributed by atoms with Crippen LogP contribution >= 0.6 is 0 Å². The lowest BCUT2D eigenvalue weighted by Crippen LogP contribution is -2.33. The van der Waals surface area contributed by atoms with Gasteiger partial charge in [0.15, 0.2) is 0 Å². The van der Waals surface area contributed by atoms with E-state index < -0.39 is 25.2 Å². The van der Waals surface area contributed by atoms with Crippen LogP contribution in [0.25, 0.3) is 0 Å². The van der Waals surface area contributed by atoms with Gasteiger partial charge in [0, 0.05) is 5.92 Å². The summed E-state index contributed by atoms with van der Waals surface area (Å²) < 4.78 is 10.7. The first kappa shape index (κ1) is 29.6. The number of carbonyl (C=O) groups is 2. The molecule has 2 fully saturated rings. The van der Waals surface area contributed by atoms with Gasteiger partial charge < -0.3 is 19.7 Å². The van der Waals surface area contributed by atoms with Crippen molar-refractivity contribution in [2.75, 3.05) is 26.4 Å². The molecule has 0 unspecified atom stereocenters. The summed E-state index contributed by atoms with van der Waals surface area (Å²) in [5, 5.41) is 18.2. The molecule has 0 aromatic rings. The summed E-state index contributed by atoms with van der Waals surface area (Å²) in [5.41, 5.74) is 0.0261. The molecule has 6 heteroatoms. The molecule has 0 spiro atoms. The topological polar surface area (TPSA) is 93.1 Å². The van der Waals surface area contributed by atoms with Crippen molar-refractivity contribution in [3.05, 3.63) is 24.3 Å². The first-order valence-electron chi connectivity index (χ1n) is 13.8. The molecule has 0 aliphatic heterocycles. The third-order valence-corrected chi connectivity index (χ3v) is 8.32. The molecule has 0 bridgehead atoms. The molecule has 2 rings (SSSR count). The average molecular weight is 493 g/mol. The number of aliphatic hydroxyl groups is 2. The first-order chi connectivity index (χ1) is 16.9. The van der Waals surface area contributed by atoms with E-state index >= 15 is 0 Å². The smallest absolute Gasteiger partial charge is 0.335 e. The molecule has 6 nitrogen and oxygen atoms in total. The zero-order chi connectivity index (χ0) is 25.6. The largest absolute Gasteiger partial charge is 0.462 e. The van der Waals surface area contributed by atoms with Crippen molar-refractivity contribution >= 4 is 11.9 Å². The van der Waals surface area contributed by atoms with E-state index in [4.69, 9.17) is 19.7 Å². The second-order valence-corrected chi connectivity index (χ2v) is 10.8. The summed E-state index contributed by atoms with van der Waals surface area (Å²) in [6, 6.07) is 0. The average Bonchev–Trinajstić information content (AvgIpc) is 2.90. The Morgan fingerprint density at radius 2 is 1.26 bits per heavy atom. The molecule has 0 aromatic heterocycles. The zero-order valence-electron chi connectivity index (χ0n) is 21.8. The van der Waals surface area contributed by atoms with Gasteiger partial charge in [-0.05, 0) is 62.2 Å². The highest BCUT2D eigenvalue weighted by Crippen LogP contribution is 2.43. The van der Waals surface area contributed by atoms with E-state index in [1.807, 2.05) is 0 Å². The second-order valence-electron chi connectivity index (χ2n) is 10.8. The van der Waals surface area contributed by atoms with Crippen molar-refractivity contribution < 1.29 is 29.3 Å². The molecule has 0 atom stereocenters. The lowest BCUT2D eigenvalue weighted by molar-refractivity contribution is -0.146. The number of unbranched alkanes of at least 4 members (excludes halogenated alkanes) is 3. The van der Waals surface area contributed by atoms with Crippen LogP contribution < -0.4 is 0 Å². The van der Waals surface area contributed by atoms with Gasteiger partial charge in [0.05, 0.1) is 37.6 Å². The fraction of sp³-hybridized carbons (Fsp3) is 0.793. The minimum atomic E-state index is -0.622. The summed E-state index contributed by atoms with van der Waals surface area (Å²) in [4.78, 5) is 24.0. The molecule has 2 aliphatic carbocycles. The van der Waals surface area contributed by atoms with Crippen LogP contribution in [0.5, 0.6) is 0 Å². The van der Waals surface area contributed by atoms with Crippen molar-refractivity contribution in [1.82, 2.24) is 0 Å². The number of aliphatic hydroxyl groups excluding tert-OH is 2. The van der Waals surface area contributed by atoms with Gasteiger partial charge in [-0.3, -0.25) is 0 Å². The van der Waals surface area contributed by atoms with Gasteiger partial charge in [-0.15, -0.1) is 0 Å². The van der Waals surface area contributed by atoms with Gasteiger partial charge in [0.1, 0.15) is 0 Å². The SMILES string of the molecule is C=C(CO)C(=O)OCC(COC(=O)C(=C)CO)C1CCC(C2CCC(CCCCCC)CC2)CC1. The van der Waals surface area contributed by atoms with E-state index in [1.165, 1.54) is 70.6 Å². The highest BCUT2D eigenvalue weighted by Gasteiger charge is 2.34. The van der Waals surface area contributed by atoms with Crippen molar-refractivity contribution in [2.45, 2.75) is 90.4 Å². The summed E-state index contributed by atoms with van der Waals surface area (Å²) in [6.45, 7) is 8.65. The molecule has 0 saturated heterocycles. The molecule has 200 valence electrons. The van der Waals surface area contributed by atoms with E-state index in [9.17, 15) is 9.59 Å². The van der Waals surface area contributed by atoms with Gasteiger partial charge >= 0.3 is 11.9 Å². The Morgan fingerprint density at radius 3 is 1.71 bits per heavy atom. The van der Waals surface area contributed by atoms with Gasteiger partial charge in [-0.1, -0.05) is 65.0 Å². The van der Waals surface area contributed by atoms with Crippen molar-refractivity contribution in [2.24, 2.45) is 29.6 Å². The third kappa shape index (κ3) is 10.1. The third-order valence-electron chi connectivity index (χ3n) is 8.32. The lowest BCUT2D eigenvalue weighted by Gasteiger charge is -2.39. The minimum Gasteiger partial charge on any atom is -0.462 e.